The molecular formula is C32H38N8O2. The number of ether oxygens (including phenoxy) is 1. The molecular weight excluding hydrogens is 528 g/mol. The molecule has 3 aromatic carbocycles. The maximum absolute atomic E-state index is 11.9. The number of nitrogens with one attached hydrogen (secondary N) is 3. The van der Waals surface area contributed by atoms with Gasteiger partial charge in [0.25, 0.3) is 0 Å². The largest absolute Gasteiger partial charge is 0.494 e. The number of rotatable bonds is 11. The molecule has 1 aliphatic rings. The smallest absolute Gasteiger partial charge is 0.220 e. The lowest BCUT2D eigenvalue weighted by Gasteiger charge is -2.34. The van der Waals surface area contributed by atoms with Gasteiger partial charge in [-0.05, 0) is 75.0 Å². The molecule has 0 unspecified atom stereocenters. The Morgan fingerprint density at radius 2 is 1.69 bits per heavy atom. The van der Waals surface area contributed by atoms with Crippen LogP contribution in [0.1, 0.15) is 19.3 Å². The molecule has 1 saturated heterocycles. The second-order valence-electron chi connectivity index (χ2n) is 10.9. The molecule has 2 aromatic heterocycles. The Morgan fingerprint density at radius 1 is 0.905 bits per heavy atom. The van der Waals surface area contributed by atoms with Crippen LogP contribution in [0.25, 0.3) is 44.8 Å². The average Bonchev–Trinajstić information content (AvgIpc) is 3.64. The maximum Gasteiger partial charge on any atom is 0.220 e. The Bertz CT molecular complexity index is 1670. The number of anilines is 1. The number of carbonyl (C=O) groups is 1. The number of aromatic amines is 2. The monoisotopic (exact) mass is 566 g/mol. The molecule has 0 radical (unpaired) electrons. The van der Waals surface area contributed by atoms with Crippen molar-refractivity contribution in [2.24, 2.45) is 5.73 Å². The van der Waals surface area contributed by atoms with Crippen molar-refractivity contribution in [3.05, 3.63) is 60.7 Å². The van der Waals surface area contributed by atoms with Crippen molar-refractivity contribution in [3.8, 4) is 28.5 Å². The number of nitrogens with two attached hydrogens (primary N) is 1. The summed E-state index contributed by atoms with van der Waals surface area (Å²) < 4.78 is 5.92. The molecule has 1 aliphatic heterocycles. The fourth-order valence-corrected chi connectivity index (χ4v) is 5.26. The SMILES string of the molecule is CN1CCN(c2ccc3nc(-c4ccc5[nH]c(-c6cccc(OCCCC(=O)NCCCN)c6)nc5c4)[nH]c3c2)CC1. The number of aromatic nitrogens is 4. The highest BCUT2D eigenvalue weighted by atomic mass is 16.5. The number of imidazole rings is 2. The van der Waals surface area contributed by atoms with Crippen LogP contribution in [0.4, 0.5) is 5.69 Å². The second kappa shape index (κ2) is 12.6. The number of likely N-dealkylation sites (N-methyl/N-ethyl adjacent to an activating group) is 1. The van der Waals surface area contributed by atoms with Crippen LogP contribution in [-0.2, 0) is 4.79 Å². The van der Waals surface area contributed by atoms with Crippen molar-refractivity contribution in [2.45, 2.75) is 19.3 Å². The van der Waals surface area contributed by atoms with E-state index < -0.39 is 0 Å². The van der Waals surface area contributed by atoms with E-state index in [1.165, 1.54) is 5.69 Å². The van der Waals surface area contributed by atoms with Gasteiger partial charge in [-0.15, -0.1) is 0 Å². The molecule has 0 bridgehead atoms. The van der Waals surface area contributed by atoms with Crippen LogP contribution in [0, 0.1) is 0 Å². The highest BCUT2D eigenvalue weighted by molar-refractivity contribution is 5.87. The van der Waals surface area contributed by atoms with Gasteiger partial charge < -0.3 is 35.6 Å². The number of nitrogens with zero attached hydrogens (tertiary/aromatic N) is 4. The van der Waals surface area contributed by atoms with Crippen LogP contribution in [-0.4, -0.2) is 83.7 Å². The quantitative estimate of drug-likeness (QED) is 0.177. The number of amides is 1. The maximum atomic E-state index is 11.9. The molecule has 0 spiro atoms. The summed E-state index contributed by atoms with van der Waals surface area (Å²) >= 11 is 0. The molecule has 10 nitrogen and oxygen atoms in total. The van der Waals surface area contributed by atoms with Crippen LogP contribution in [0.3, 0.4) is 0 Å². The van der Waals surface area contributed by atoms with Gasteiger partial charge in [0.2, 0.25) is 5.91 Å². The fraction of sp³-hybridized carbons (Fsp3) is 0.344. The minimum atomic E-state index is 0.0282. The van der Waals surface area contributed by atoms with Crippen LogP contribution in [0.15, 0.2) is 60.7 Å². The lowest BCUT2D eigenvalue weighted by atomic mass is 10.2. The summed E-state index contributed by atoms with van der Waals surface area (Å²) in [5.41, 5.74) is 12.4. The van der Waals surface area contributed by atoms with Gasteiger partial charge in [0, 0.05) is 56.0 Å². The van der Waals surface area contributed by atoms with Crippen molar-refractivity contribution in [1.82, 2.24) is 30.2 Å². The predicted molar refractivity (Wildman–Crippen MR) is 168 cm³/mol. The van der Waals surface area contributed by atoms with Gasteiger partial charge in [-0.1, -0.05) is 12.1 Å². The number of hydrogen-bond acceptors (Lipinski definition) is 7. The van der Waals surface area contributed by atoms with E-state index >= 15 is 0 Å². The molecule has 0 aliphatic carbocycles. The van der Waals surface area contributed by atoms with E-state index in [-0.39, 0.29) is 5.91 Å². The van der Waals surface area contributed by atoms with Gasteiger partial charge in [-0.25, -0.2) is 9.97 Å². The Morgan fingerprint density at radius 3 is 2.52 bits per heavy atom. The molecule has 5 N–H and O–H groups in total. The third-order valence-electron chi connectivity index (χ3n) is 7.72. The van der Waals surface area contributed by atoms with E-state index in [2.05, 4.69) is 62.5 Å². The van der Waals surface area contributed by atoms with Crippen molar-refractivity contribution in [3.63, 3.8) is 0 Å². The Kier molecular flexibility index (Phi) is 8.34. The average molecular weight is 567 g/mol. The second-order valence-corrected chi connectivity index (χ2v) is 10.9. The summed E-state index contributed by atoms with van der Waals surface area (Å²) in [5.74, 6) is 2.37. The molecule has 3 heterocycles. The summed E-state index contributed by atoms with van der Waals surface area (Å²) in [6.07, 6.45) is 1.86. The summed E-state index contributed by atoms with van der Waals surface area (Å²) in [5, 5.41) is 2.87. The first-order chi connectivity index (χ1) is 20.6. The zero-order valence-corrected chi connectivity index (χ0v) is 24.0. The fourth-order valence-electron chi connectivity index (χ4n) is 5.26. The number of hydrogen-bond donors (Lipinski definition) is 4. The number of carbonyl (C=O) groups excluding carboxylic acids is 1. The third-order valence-corrected chi connectivity index (χ3v) is 7.72. The van der Waals surface area contributed by atoms with Gasteiger partial charge in [0.1, 0.15) is 17.4 Å². The van der Waals surface area contributed by atoms with Gasteiger partial charge in [-0.3, -0.25) is 4.79 Å². The lowest BCUT2D eigenvalue weighted by molar-refractivity contribution is -0.121. The zero-order chi connectivity index (χ0) is 28.9. The summed E-state index contributed by atoms with van der Waals surface area (Å²) in [6.45, 7) is 5.87. The van der Waals surface area contributed by atoms with Crippen molar-refractivity contribution in [1.29, 1.82) is 0 Å². The van der Waals surface area contributed by atoms with E-state index in [1.54, 1.807) is 0 Å². The van der Waals surface area contributed by atoms with E-state index in [0.717, 1.165) is 83.2 Å². The first kappa shape index (κ1) is 27.7. The first-order valence-electron chi connectivity index (χ1n) is 14.7. The molecule has 5 aromatic rings. The van der Waals surface area contributed by atoms with Gasteiger partial charge in [-0.2, -0.15) is 0 Å². The van der Waals surface area contributed by atoms with Gasteiger partial charge in [0.05, 0.1) is 28.7 Å². The highest BCUT2D eigenvalue weighted by Gasteiger charge is 2.16. The van der Waals surface area contributed by atoms with Crippen molar-refractivity contribution in [2.75, 3.05) is 57.8 Å². The third kappa shape index (κ3) is 6.40. The molecule has 1 fully saturated rings. The standard InChI is InChI=1S/C32H38N8O2/c1-39-14-16-40(17-15-39)24-9-11-27-29(21-24)38-32(36-27)23-8-10-26-28(20-23)37-31(35-26)22-5-2-6-25(19-22)42-18-3-7-30(41)34-13-4-12-33/h2,5-6,8-11,19-21H,3-4,7,12-18,33H2,1H3,(H,34,41)(H,35,37)(H,36,38). The van der Waals surface area contributed by atoms with E-state index in [0.29, 0.717) is 32.5 Å². The molecule has 10 heteroatoms. The molecule has 1 amide bonds. The summed E-state index contributed by atoms with van der Waals surface area (Å²) in [4.78, 5) is 33.4. The normalized spacial score (nSPS) is 14.1. The van der Waals surface area contributed by atoms with Gasteiger partial charge >= 0.3 is 0 Å². The van der Waals surface area contributed by atoms with Crippen LogP contribution >= 0.6 is 0 Å². The highest BCUT2D eigenvalue weighted by Crippen LogP contribution is 2.29. The minimum Gasteiger partial charge on any atom is -0.494 e. The zero-order valence-electron chi connectivity index (χ0n) is 24.0. The summed E-state index contributed by atoms with van der Waals surface area (Å²) in [6, 6.07) is 20.5. The molecule has 0 atom stereocenters. The first-order valence-corrected chi connectivity index (χ1v) is 14.7. The van der Waals surface area contributed by atoms with Crippen LogP contribution in [0.5, 0.6) is 5.75 Å². The van der Waals surface area contributed by atoms with Crippen LogP contribution < -0.4 is 20.7 Å². The Labute approximate surface area is 245 Å². The topological polar surface area (TPSA) is 128 Å². The molecule has 0 saturated carbocycles. The van der Waals surface area contributed by atoms with Gasteiger partial charge in [0.15, 0.2) is 0 Å². The Balaban J connectivity index is 1.13. The number of benzene rings is 3. The Hall–Kier alpha value is -4.41. The molecule has 6 rings (SSSR count). The number of fused-ring (bicyclic) bond motifs is 2. The molecule has 218 valence electrons. The minimum absolute atomic E-state index is 0.0282. The van der Waals surface area contributed by atoms with Crippen LogP contribution in [0.2, 0.25) is 0 Å². The lowest BCUT2D eigenvalue weighted by Crippen LogP contribution is -2.44. The van der Waals surface area contributed by atoms with E-state index in [9.17, 15) is 4.79 Å². The number of H-pyrrole nitrogens is 2. The molecule has 42 heavy (non-hydrogen) atoms. The van der Waals surface area contributed by atoms with E-state index in [1.807, 2.05) is 30.3 Å². The van der Waals surface area contributed by atoms with E-state index in [4.69, 9.17) is 20.4 Å². The summed E-state index contributed by atoms with van der Waals surface area (Å²) in [7, 11) is 2.17. The number of piperazine rings is 1. The van der Waals surface area contributed by atoms with Crippen molar-refractivity contribution < 1.29 is 9.53 Å². The van der Waals surface area contributed by atoms with Crippen molar-refractivity contribution >= 4 is 33.7 Å². The predicted octanol–water partition coefficient (Wildman–Crippen LogP) is 4.15.